The summed E-state index contributed by atoms with van der Waals surface area (Å²) in [6.07, 6.45) is 3.59. The molecule has 1 aliphatic heterocycles. The number of hydrogen-bond donors (Lipinski definition) is 2. The molecule has 2 N–H and O–H groups in total. The van der Waals surface area contributed by atoms with Crippen LogP contribution in [0, 0.1) is 0 Å². The van der Waals surface area contributed by atoms with Crippen molar-refractivity contribution in [2.24, 2.45) is 4.99 Å². The summed E-state index contributed by atoms with van der Waals surface area (Å²) in [5.74, 6) is 3.28. The van der Waals surface area contributed by atoms with Crippen molar-refractivity contribution in [3.63, 3.8) is 0 Å². The Morgan fingerprint density at radius 1 is 1.37 bits per heavy atom. The average molecular weight is 371 g/mol. The largest absolute Gasteiger partial charge is 0.491 e. The Morgan fingerprint density at radius 3 is 3.04 bits per heavy atom. The molecule has 0 saturated carbocycles. The smallest absolute Gasteiger partial charge is 0.191 e. The van der Waals surface area contributed by atoms with E-state index in [4.69, 9.17) is 4.74 Å². The van der Waals surface area contributed by atoms with Crippen molar-refractivity contribution in [1.29, 1.82) is 0 Å². The number of fused-ring (bicyclic) bond motifs is 1. The first kappa shape index (κ1) is 19.2. The number of guanidine groups is 1. The first-order chi connectivity index (χ1) is 13.2. The van der Waals surface area contributed by atoms with E-state index in [2.05, 4.69) is 58.6 Å². The highest BCUT2D eigenvalue weighted by Crippen LogP contribution is 2.25. The highest BCUT2D eigenvalue weighted by atomic mass is 16.5. The van der Waals surface area contributed by atoms with Gasteiger partial charge in [0.2, 0.25) is 0 Å². The number of benzene rings is 1. The van der Waals surface area contributed by atoms with Gasteiger partial charge in [0.15, 0.2) is 5.96 Å². The van der Waals surface area contributed by atoms with Gasteiger partial charge in [-0.2, -0.15) is 5.10 Å². The fraction of sp³-hybridized carbons (Fsp3) is 0.550. The second-order valence-electron chi connectivity index (χ2n) is 7.04. The molecule has 0 amide bonds. The summed E-state index contributed by atoms with van der Waals surface area (Å²) >= 11 is 0. The Labute approximate surface area is 161 Å². The third-order valence-electron chi connectivity index (χ3n) is 4.65. The van der Waals surface area contributed by atoms with Crippen molar-refractivity contribution in [2.45, 2.75) is 52.1 Å². The summed E-state index contributed by atoms with van der Waals surface area (Å²) in [4.78, 5) is 8.94. The molecule has 27 heavy (non-hydrogen) atoms. The minimum absolute atomic E-state index is 0.305. The minimum atomic E-state index is 0.305. The zero-order chi connectivity index (χ0) is 19.1. The number of ether oxygens (including phenoxy) is 1. The van der Waals surface area contributed by atoms with Gasteiger partial charge in [0.05, 0.1) is 13.1 Å². The monoisotopic (exact) mass is 370 g/mol. The maximum absolute atomic E-state index is 5.97. The lowest BCUT2D eigenvalue weighted by molar-refractivity contribution is 0.323. The topological polar surface area (TPSA) is 76.4 Å². The SMILES string of the molecule is CCNC(=NCCOc1ccccc1C(C)C)NC1CCc2ncnn2C1. The Morgan fingerprint density at radius 2 is 2.22 bits per heavy atom. The molecule has 1 unspecified atom stereocenters. The second kappa shape index (κ2) is 9.39. The minimum Gasteiger partial charge on any atom is -0.491 e. The van der Waals surface area contributed by atoms with Crippen LogP contribution in [0.2, 0.25) is 0 Å². The zero-order valence-electron chi connectivity index (χ0n) is 16.5. The van der Waals surface area contributed by atoms with Gasteiger partial charge in [-0.15, -0.1) is 0 Å². The van der Waals surface area contributed by atoms with Gasteiger partial charge in [-0.3, -0.25) is 0 Å². The van der Waals surface area contributed by atoms with Crippen molar-refractivity contribution in [2.75, 3.05) is 19.7 Å². The van der Waals surface area contributed by atoms with Crippen LogP contribution < -0.4 is 15.4 Å². The van der Waals surface area contributed by atoms with Crippen LogP contribution in [0.1, 0.15) is 44.5 Å². The Balaban J connectivity index is 1.52. The molecule has 3 rings (SSSR count). The first-order valence-corrected chi connectivity index (χ1v) is 9.80. The van der Waals surface area contributed by atoms with E-state index in [1.54, 1.807) is 6.33 Å². The number of nitrogens with one attached hydrogen (secondary N) is 2. The lowest BCUT2D eigenvalue weighted by Gasteiger charge is -2.25. The molecule has 146 valence electrons. The van der Waals surface area contributed by atoms with E-state index in [1.165, 1.54) is 5.56 Å². The van der Waals surface area contributed by atoms with Crippen LogP contribution in [-0.4, -0.2) is 46.5 Å². The highest BCUT2D eigenvalue weighted by Gasteiger charge is 2.20. The molecular weight excluding hydrogens is 340 g/mol. The van der Waals surface area contributed by atoms with Crippen LogP contribution in [-0.2, 0) is 13.0 Å². The molecule has 0 fully saturated rings. The van der Waals surface area contributed by atoms with E-state index in [1.807, 2.05) is 16.8 Å². The van der Waals surface area contributed by atoms with Gasteiger partial charge >= 0.3 is 0 Å². The lowest BCUT2D eigenvalue weighted by Crippen LogP contribution is -2.47. The molecular formula is C20H30N6O. The van der Waals surface area contributed by atoms with E-state index in [-0.39, 0.29) is 0 Å². The maximum atomic E-state index is 5.97. The normalized spacial score (nSPS) is 16.9. The molecule has 2 heterocycles. The summed E-state index contributed by atoms with van der Waals surface area (Å²) in [6.45, 7) is 9.23. The molecule has 0 aliphatic carbocycles. The van der Waals surface area contributed by atoms with E-state index in [9.17, 15) is 0 Å². The van der Waals surface area contributed by atoms with Crippen molar-refractivity contribution >= 4 is 5.96 Å². The summed E-state index contributed by atoms with van der Waals surface area (Å²) in [5, 5.41) is 11.1. The van der Waals surface area contributed by atoms with E-state index in [0.29, 0.717) is 25.1 Å². The van der Waals surface area contributed by atoms with Crippen molar-refractivity contribution in [3.8, 4) is 5.75 Å². The number of para-hydroxylation sites is 1. The van der Waals surface area contributed by atoms with E-state index in [0.717, 1.165) is 43.5 Å². The molecule has 1 aromatic heterocycles. The van der Waals surface area contributed by atoms with Gasteiger partial charge in [0.25, 0.3) is 0 Å². The number of rotatable bonds is 7. The Kier molecular flexibility index (Phi) is 6.68. The van der Waals surface area contributed by atoms with Crippen LogP contribution in [0.4, 0.5) is 0 Å². The lowest BCUT2D eigenvalue weighted by atomic mass is 10.0. The molecule has 0 radical (unpaired) electrons. The number of aromatic nitrogens is 3. The van der Waals surface area contributed by atoms with Crippen LogP contribution in [0.5, 0.6) is 5.75 Å². The predicted molar refractivity (Wildman–Crippen MR) is 107 cm³/mol. The molecule has 1 aromatic carbocycles. The molecule has 0 bridgehead atoms. The zero-order valence-corrected chi connectivity index (χ0v) is 16.5. The van der Waals surface area contributed by atoms with Crippen molar-refractivity contribution in [3.05, 3.63) is 42.0 Å². The fourth-order valence-corrected chi connectivity index (χ4v) is 3.27. The summed E-state index contributed by atoms with van der Waals surface area (Å²) in [6, 6.07) is 8.52. The number of nitrogens with zero attached hydrogens (tertiary/aromatic N) is 4. The van der Waals surface area contributed by atoms with Gasteiger partial charge < -0.3 is 15.4 Å². The predicted octanol–water partition coefficient (Wildman–Crippen LogP) is 2.35. The maximum Gasteiger partial charge on any atom is 0.191 e. The van der Waals surface area contributed by atoms with Crippen LogP contribution in [0.25, 0.3) is 0 Å². The summed E-state index contributed by atoms with van der Waals surface area (Å²) in [5.41, 5.74) is 1.23. The standard InChI is InChI=1S/C20H30N6O/c1-4-21-20(25-16-9-10-19-23-14-24-26(19)13-16)22-11-12-27-18-8-6-5-7-17(18)15(2)3/h5-8,14-16H,4,9-13H2,1-3H3,(H2,21,22,25). The van der Waals surface area contributed by atoms with E-state index < -0.39 is 0 Å². The Bertz CT molecular complexity index is 754. The molecule has 0 saturated heterocycles. The van der Waals surface area contributed by atoms with Crippen LogP contribution in [0.15, 0.2) is 35.6 Å². The molecule has 7 nitrogen and oxygen atoms in total. The second-order valence-corrected chi connectivity index (χ2v) is 7.04. The van der Waals surface area contributed by atoms with Crippen molar-refractivity contribution < 1.29 is 4.74 Å². The molecule has 0 spiro atoms. The van der Waals surface area contributed by atoms with Gasteiger partial charge in [-0.05, 0) is 30.9 Å². The van der Waals surface area contributed by atoms with Crippen LogP contribution >= 0.6 is 0 Å². The van der Waals surface area contributed by atoms with Crippen LogP contribution in [0.3, 0.4) is 0 Å². The van der Waals surface area contributed by atoms with Gasteiger partial charge in [-0.1, -0.05) is 32.0 Å². The highest BCUT2D eigenvalue weighted by molar-refractivity contribution is 5.80. The first-order valence-electron chi connectivity index (χ1n) is 9.80. The third kappa shape index (κ3) is 5.21. The quantitative estimate of drug-likeness (QED) is 0.444. The summed E-state index contributed by atoms with van der Waals surface area (Å²) in [7, 11) is 0. The van der Waals surface area contributed by atoms with Gasteiger partial charge in [0.1, 0.15) is 24.5 Å². The van der Waals surface area contributed by atoms with Gasteiger partial charge in [0, 0.05) is 19.0 Å². The molecule has 1 aliphatic rings. The third-order valence-corrected chi connectivity index (χ3v) is 4.65. The average Bonchev–Trinajstić information content (AvgIpc) is 3.13. The number of hydrogen-bond acceptors (Lipinski definition) is 4. The molecule has 2 aromatic rings. The number of aryl methyl sites for hydroxylation is 1. The molecule has 7 heteroatoms. The number of aliphatic imine (C=N–C) groups is 1. The van der Waals surface area contributed by atoms with Gasteiger partial charge in [-0.25, -0.2) is 14.7 Å². The fourth-order valence-electron chi connectivity index (χ4n) is 3.27. The summed E-state index contributed by atoms with van der Waals surface area (Å²) < 4.78 is 7.94. The molecule has 1 atom stereocenters. The van der Waals surface area contributed by atoms with Crippen molar-refractivity contribution in [1.82, 2.24) is 25.4 Å². The Hall–Kier alpha value is -2.57. The van der Waals surface area contributed by atoms with E-state index >= 15 is 0 Å².